The maximum absolute atomic E-state index is 12.5. The van der Waals surface area contributed by atoms with E-state index in [0.29, 0.717) is 19.0 Å². The van der Waals surface area contributed by atoms with Crippen LogP contribution in [0.3, 0.4) is 0 Å². The number of aryl methyl sites for hydroxylation is 2. The Morgan fingerprint density at radius 1 is 1.17 bits per heavy atom. The van der Waals surface area contributed by atoms with Crippen molar-refractivity contribution in [3.8, 4) is 0 Å². The lowest BCUT2D eigenvalue weighted by atomic mass is 9.90. The molecular weight excluding hydrogens is 302 g/mol. The van der Waals surface area contributed by atoms with Gasteiger partial charge >= 0.3 is 6.03 Å². The summed E-state index contributed by atoms with van der Waals surface area (Å²) in [4.78, 5) is 28.4. The second-order valence-electron chi connectivity index (χ2n) is 6.50. The third kappa shape index (κ3) is 3.67. The summed E-state index contributed by atoms with van der Waals surface area (Å²) in [6.45, 7) is 5.42. The lowest BCUT2D eigenvalue weighted by Crippen LogP contribution is -2.40. The summed E-state index contributed by atoms with van der Waals surface area (Å²) in [6, 6.07) is 9.63. The second kappa shape index (κ2) is 6.91. The van der Waals surface area contributed by atoms with Crippen molar-refractivity contribution in [3.05, 3.63) is 63.6 Å². The van der Waals surface area contributed by atoms with Crippen LogP contribution in [0.5, 0.6) is 0 Å². The summed E-state index contributed by atoms with van der Waals surface area (Å²) in [5.41, 5.74) is 4.06. The van der Waals surface area contributed by atoms with Gasteiger partial charge in [0.25, 0.3) is 0 Å². The summed E-state index contributed by atoms with van der Waals surface area (Å²) in [5, 5.41) is 3.02. The molecule has 1 aliphatic rings. The minimum Gasteiger partial charge on any atom is -0.329 e. The van der Waals surface area contributed by atoms with Gasteiger partial charge in [0, 0.05) is 31.0 Å². The second-order valence-corrected chi connectivity index (χ2v) is 6.50. The molecule has 1 aromatic heterocycles. The fourth-order valence-electron chi connectivity index (χ4n) is 3.20. The van der Waals surface area contributed by atoms with Crippen molar-refractivity contribution in [1.82, 2.24) is 9.88 Å². The monoisotopic (exact) mass is 325 g/mol. The minimum atomic E-state index is -0.0670. The number of likely N-dealkylation sites (tertiary alicyclic amines) is 1. The fraction of sp³-hybridized carbons (Fsp3) is 0.368. The van der Waals surface area contributed by atoms with E-state index in [9.17, 15) is 9.59 Å². The fourth-order valence-corrected chi connectivity index (χ4v) is 3.20. The van der Waals surface area contributed by atoms with Crippen LogP contribution in [0, 0.1) is 13.8 Å². The van der Waals surface area contributed by atoms with Crippen LogP contribution in [0.1, 0.15) is 35.4 Å². The molecule has 0 radical (unpaired) electrons. The van der Waals surface area contributed by atoms with E-state index in [1.807, 2.05) is 43.0 Å². The van der Waals surface area contributed by atoms with E-state index in [4.69, 9.17) is 0 Å². The zero-order valence-electron chi connectivity index (χ0n) is 14.1. The molecule has 0 aliphatic carbocycles. The number of anilines is 1. The molecule has 126 valence electrons. The van der Waals surface area contributed by atoms with Gasteiger partial charge in [0.1, 0.15) is 0 Å². The van der Waals surface area contributed by atoms with Crippen LogP contribution in [-0.2, 0) is 0 Å². The van der Waals surface area contributed by atoms with E-state index in [-0.39, 0.29) is 11.6 Å². The summed E-state index contributed by atoms with van der Waals surface area (Å²) < 4.78 is 0. The average Bonchev–Trinajstić information content (AvgIpc) is 2.58. The van der Waals surface area contributed by atoms with E-state index in [1.54, 1.807) is 12.3 Å². The number of aromatic nitrogens is 1. The number of rotatable bonds is 2. The number of hydrogen-bond donors (Lipinski definition) is 2. The largest absolute Gasteiger partial charge is 0.329 e. The van der Waals surface area contributed by atoms with E-state index < -0.39 is 0 Å². The molecule has 2 heterocycles. The maximum Gasteiger partial charge on any atom is 0.321 e. The lowest BCUT2D eigenvalue weighted by Gasteiger charge is -2.32. The lowest BCUT2D eigenvalue weighted by molar-refractivity contribution is 0.194. The highest BCUT2D eigenvalue weighted by Crippen LogP contribution is 2.27. The SMILES string of the molecule is Cc1ccc(C)c(NC(=O)N2CCC(c3cc[nH]c(=O)c3)CC2)c1. The van der Waals surface area contributed by atoms with Gasteiger partial charge in [0.2, 0.25) is 5.56 Å². The Labute approximate surface area is 141 Å². The highest BCUT2D eigenvalue weighted by atomic mass is 16.2. The van der Waals surface area contributed by atoms with Crippen LogP contribution in [0.25, 0.3) is 0 Å². The average molecular weight is 325 g/mol. The van der Waals surface area contributed by atoms with Crippen LogP contribution in [-0.4, -0.2) is 29.0 Å². The van der Waals surface area contributed by atoms with Crippen molar-refractivity contribution in [2.24, 2.45) is 0 Å². The number of carbonyl (C=O) groups is 1. The number of H-pyrrole nitrogens is 1. The number of urea groups is 1. The number of amides is 2. The van der Waals surface area contributed by atoms with Crippen molar-refractivity contribution in [2.45, 2.75) is 32.6 Å². The van der Waals surface area contributed by atoms with Crippen molar-refractivity contribution < 1.29 is 4.79 Å². The topological polar surface area (TPSA) is 65.2 Å². The van der Waals surface area contributed by atoms with Gasteiger partial charge in [-0.05, 0) is 61.4 Å². The van der Waals surface area contributed by atoms with Gasteiger partial charge in [0.05, 0.1) is 0 Å². The molecular formula is C19H23N3O2. The Balaban J connectivity index is 1.61. The molecule has 2 N–H and O–H groups in total. The zero-order valence-corrected chi connectivity index (χ0v) is 14.1. The van der Waals surface area contributed by atoms with Crippen molar-refractivity contribution in [3.63, 3.8) is 0 Å². The first-order valence-electron chi connectivity index (χ1n) is 8.35. The Morgan fingerprint density at radius 2 is 1.92 bits per heavy atom. The van der Waals surface area contributed by atoms with Gasteiger partial charge in [-0.3, -0.25) is 4.79 Å². The van der Waals surface area contributed by atoms with Gasteiger partial charge in [0.15, 0.2) is 0 Å². The predicted molar refractivity (Wildman–Crippen MR) is 95.5 cm³/mol. The number of pyridine rings is 1. The van der Waals surface area contributed by atoms with Crippen molar-refractivity contribution >= 4 is 11.7 Å². The predicted octanol–water partition coefficient (Wildman–Crippen LogP) is 3.40. The quantitative estimate of drug-likeness (QED) is 0.889. The molecule has 1 fully saturated rings. The molecule has 0 atom stereocenters. The Morgan fingerprint density at radius 3 is 2.62 bits per heavy atom. The number of nitrogens with one attached hydrogen (secondary N) is 2. The summed E-state index contributed by atoms with van der Waals surface area (Å²) in [5.74, 6) is 0.344. The van der Waals surface area contributed by atoms with E-state index in [1.165, 1.54) is 0 Å². The molecule has 0 saturated carbocycles. The van der Waals surface area contributed by atoms with E-state index in [0.717, 1.165) is 35.2 Å². The van der Waals surface area contributed by atoms with Gasteiger partial charge < -0.3 is 15.2 Å². The molecule has 1 aromatic carbocycles. The normalized spacial score (nSPS) is 15.3. The summed E-state index contributed by atoms with van der Waals surface area (Å²) in [7, 11) is 0. The molecule has 3 rings (SSSR count). The third-order valence-electron chi connectivity index (χ3n) is 4.69. The smallest absolute Gasteiger partial charge is 0.321 e. The number of carbonyl (C=O) groups excluding carboxylic acids is 1. The molecule has 1 saturated heterocycles. The van der Waals surface area contributed by atoms with Crippen LogP contribution in [0.15, 0.2) is 41.3 Å². The molecule has 5 heteroatoms. The molecule has 24 heavy (non-hydrogen) atoms. The van der Waals surface area contributed by atoms with Crippen LogP contribution < -0.4 is 10.9 Å². The Kier molecular flexibility index (Phi) is 4.69. The van der Waals surface area contributed by atoms with Crippen LogP contribution >= 0.6 is 0 Å². The molecule has 0 unspecified atom stereocenters. The third-order valence-corrected chi connectivity index (χ3v) is 4.69. The first-order valence-corrected chi connectivity index (χ1v) is 8.35. The number of benzene rings is 1. The molecule has 2 amide bonds. The van der Waals surface area contributed by atoms with Gasteiger partial charge in [-0.15, -0.1) is 0 Å². The van der Waals surface area contributed by atoms with E-state index in [2.05, 4.69) is 10.3 Å². The standard InChI is InChI=1S/C19H23N3O2/c1-13-3-4-14(2)17(11-13)21-19(24)22-9-6-15(7-10-22)16-5-8-20-18(23)12-16/h3-5,8,11-12,15H,6-7,9-10H2,1-2H3,(H,20,23)(H,21,24). The van der Waals surface area contributed by atoms with Gasteiger partial charge in [-0.2, -0.15) is 0 Å². The molecule has 0 bridgehead atoms. The summed E-state index contributed by atoms with van der Waals surface area (Å²) >= 11 is 0. The van der Waals surface area contributed by atoms with Crippen LogP contribution in [0.2, 0.25) is 0 Å². The molecule has 2 aromatic rings. The first-order chi connectivity index (χ1) is 11.5. The Hall–Kier alpha value is -2.56. The van der Waals surface area contributed by atoms with Crippen LogP contribution in [0.4, 0.5) is 10.5 Å². The van der Waals surface area contributed by atoms with Crippen molar-refractivity contribution in [2.75, 3.05) is 18.4 Å². The number of nitrogens with zero attached hydrogens (tertiary/aromatic N) is 1. The highest BCUT2D eigenvalue weighted by molar-refractivity contribution is 5.90. The number of piperidine rings is 1. The summed E-state index contributed by atoms with van der Waals surface area (Å²) in [6.07, 6.45) is 3.45. The van der Waals surface area contributed by atoms with Gasteiger partial charge in [-0.1, -0.05) is 12.1 Å². The van der Waals surface area contributed by atoms with E-state index >= 15 is 0 Å². The van der Waals surface area contributed by atoms with Crippen molar-refractivity contribution in [1.29, 1.82) is 0 Å². The zero-order chi connectivity index (χ0) is 17.1. The maximum atomic E-state index is 12.5. The molecule has 0 spiro atoms. The minimum absolute atomic E-state index is 0.0481. The Bertz CT molecular complexity index is 789. The molecule has 1 aliphatic heterocycles. The highest BCUT2D eigenvalue weighted by Gasteiger charge is 2.24. The number of aromatic amines is 1. The molecule has 5 nitrogen and oxygen atoms in total. The van der Waals surface area contributed by atoms with Gasteiger partial charge in [-0.25, -0.2) is 4.79 Å². The first kappa shape index (κ1) is 16.3. The number of hydrogen-bond acceptors (Lipinski definition) is 2.